The zero-order valence-corrected chi connectivity index (χ0v) is 11.0. The van der Waals surface area contributed by atoms with E-state index in [2.05, 4.69) is 42.2 Å². The summed E-state index contributed by atoms with van der Waals surface area (Å²) in [4.78, 5) is 7.22. The first-order valence-electron chi connectivity index (χ1n) is 5.08. The summed E-state index contributed by atoms with van der Waals surface area (Å²) in [5.41, 5.74) is 2.32. The number of nitrogens with one attached hydrogen (secondary N) is 1. The van der Waals surface area contributed by atoms with E-state index in [1.54, 1.807) is 11.3 Å². The van der Waals surface area contributed by atoms with Crippen LogP contribution in [0.3, 0.4) is 0 Å². The normalized spacial score (nSPS) is 10.4. The van der Waals surface area contributed by atoms with Gasteiger partial charge in [-0.25, -0.2) is 4.98 Å². The van der Waals surface area contributed by atoms with Crippen molar-refractivity contribution in [3.63, 3.8) is 0 Å². The highest BCUT2D eigenvalue weighted by Gasteiger charge is 2.09. The summed E-state index contributed by atoms with van der Waals surface area (Å²) in [6.45, 7) is 8.70. The van der Waals surface area contributed by atoms with Crippen LogP contribution in [0.5, 0.6) is 0 Å². The van der Waals surface area contributed by atoms with Gasteiger partial charge in [-0.3, -0.25) is 0 Å². The van der Waals surface area contributed by atoms with Crippen LogP contribution in [0.15, 0.2) is 24.1 Å². The van der Waals surface area contributed by atoms with Crippen molar-refractivity contribution >= 4 is 27.8 Å². The number of hydrogen-bond donors (Lipinski definition) is 1. The number of hydrogen-bond acceptors (Lipinski definition) is 4. The van der Waals surface area contributed by atoms with E-state index in [1.807, 2.05) is 17.4 Å². The molecule has 84 valence electrons. The number of thiophene rings is 1. The van der Waals surface area contributed by atoms with Gasteiger partial charge < -0.3 is 5.32 Å². The third kappa shape index (κ3) is 2.33. The minimum absolute atomic E-state index is 0.759. The van der Waals surface area contributed by atoms with Crippen LogP contribution in [0.25, 0.3) is 11.3 Å². The molecule has 0 radical (unpaired) electrons. The molecule has 2 nitrogen and oxygen atoms in total. The molecule has 1 N–H and O–H groups in total. The van der Waals surface area contributed by atoms with Crippen LogP contribution < -0.4 is 5.32 Å². The van der Waals surface area contributed by atoms with Crippen LogP contribution in [0.2, 0.25) is 0 Å². The van der Waals surface area contributed by atoms with Crippen molar-refractivity contribution in [3.8, 4) is 11.3 Å². The van der Waals surface area contributed by atoms with Crippen LogP contribution in [0, 0.1) is 13.8 Å². The Balaban J connectivity index is 2.24. The molecule has 0 aromatic carbocycles. The number of aryl methyl sites for hydroxylation is 2. The van der Waals surface area contributed by atoms with Gasteiger partial charge in [0, 0.05) is 27.2 Å². The first-order valence-corrected chi connectivity index (χ1v) is 6.78. The van der Waals surface area contributed by atoms with Gasteiger partial charge in [-0.15, -0.1) is 29.3 Å². The van der Waals surface area contributed by atoms with E-state index in [-0.39, 0.29) is 0 Å². The number of thiazole rings is 1. The monoisotopic (exact) mass is 250 g/mol. The average Bonchev–Trinajstić information content (AvgIpc) is 2.82. The molecule has 0 fully saturated rings. The maximum Gasteiger partial charge on any atom is 0.183 e. The summed E-state index contributed by atoms with van der Waals surface area (Å²) in [5.74, 6) is 0. The molecule has 0 spiro atoms. The number of rotatable bonds is 4. The van der Waals surface area contributed by atoms with Gasteiger partial charge in [-0.05, 0) is 19.9 Å². The summed E-state index contributed by atoms with van der Waals surface area (Å²) < 4.78 is 0. The van der Waals surface area contributed by atoms with E-state index in [0.29, 0.717) is 0 Å². The zero-order chi connectivity index (χ0) is 11.5. The predicted molar refractivity (Wildman–Crippen MR) is 73.6 cm³/mol. The van der Waals surface area contributed by atoms with E-state index in [1.165, 1.54) is 15.3 Å². The van der Waals surface area contributed by atoms with Crippen LogP contribution >= 0.6 is 22.7 Å². The molecule has 2 aromatic heterocycles. The minimum Gasteiger partial charge on any atom is -0.358 e. The minimum atomic E-state index is 0.759. The summed E-state index contributed by atoms with van der Waals surface area (Å²) in [6.07, 6.45) is 1.83. The molecule has 0 aliphatic rings. The molecule has 2 heterocycles. The number of anilines is 1. The quantitative estimate of drug-likeness (QED) is 0.827. The van der Waals surface area contributed by atoms with E-state index < -0.39 is 0 Å². The lowest BCUT2D eigenvalue weighted by molar-refractivity contribution is 1.28. The molecule has 2 rings (SSSR count). The summed E-state index contributed by atoms with van der Waals surface area (Å²) in [5, 5.41) is 6.26. The molecule has 0 aliphatic carbocycles. The van der Waals surface area contributed by atoms with Gasteiger partial charge in [0.1, 0.15) is 0 Å². The smallest absolute Gasteiger partial charge is 0.183 e. The fourth-order valence-electron chi connectivity index (χ4n) is 1.52. The summed E-state index contributed by atoms with van der Waals surface area (Å²) in [6, 6.07) is 2.20. The van der Waals surface area contributed by atoms with Crippen molar-refractivity contribution in [2.24, 2.45) is 0 Å². The third-order valence-electron chi connectivity index (χ3n) is 2.22. The maximum absolute atomic E-state index is 4.56. The van der Waals surface area contributed by atoms with Crippen LogP contribution in [-0.4, -0.2) is 11.5 Å². The summed E-state index contributed by atoms with van der Waals surface area (Å²) >= 11 is 3.46. The Hall–Kier alpha value is -1.13. The van der Waals surface area contributed by atoms with Crippen molar-refractivity contribution in [2.45, 2.75) is 13.8 Å². The molecule has 4 heteroatoms. The average molecular weight is 250 g/mol. The van der Waals surface area contributed by atoms with Gasteiger partial charge in [-0.1, -0.05) is 6.08 Å². The van der Waals surface area contributed by atoms with Gasteiger partial charge in [-0.2, -0.15) is 0 Å². The molecule has 16 heavy (non-hydrogen) atoms. The fraction of sp³-hybridized carbons (Fsp3) is 0.250. The van der Waals surface area contributed by atoms with Crippen molar-refractivity contribution in [1.82, 2.24) is 4.98 Å². The Morgan fingerprint density at radius 2 is 2.31 bits per heavy atom. The molecular weight excluding hydrogens is 236 g/mol. The number of aromatic nitrogens is 1. The van der Waals surface area contributed by atoms with Gasteiger partial charge in [0.05, 0.1) is 5.69 Å². The Morgan fingerprint density at radius 3 is 2.94 bits per heavy atom. The second-order valence-electron chi connectivity index (χ2n) is 3.53. The maximum atomic E-state index is 4.56. The fourth-order valence-corrected chi connectivity index (χ4v) is 3.18. The molecule has 0 bridgehead atoms. The van der Waals surface area contributed by atoms with Crippen molar-refractivity contribution < 1.29 is 0 Å². The van der Waals surface area contributed by atoms with Crippen LogP contribution in [-0.2, 0) is 0 Å². The lowest BCUT2D eigenvalue weighted by Crippen LogP contribution is -1.96. The Bertz CT molecular complexity index is 497. The Morgan fingerprint density at radius 1 is 1.50 bits per heavy atom. The van der Waals surface area contributed by atoms with Gasteiger partial charge in [0.25, 0.3) is 0 Å². The van der Waals surface area contributed by atoms with Crippen LogP contribution in [0.4, 0.5) is 5.13 Å². The first kappa shape index (κ1) is 11.4. The molecule has 0 aliphatic heterocycles. The van der Waals surface area contributed by atoms with Crippen molar-refractivity contribution in [2.75, 3.05) is 11.9 Å². The first-order chi connectivity index (χ1) is 7.70. The summed E-state index contributed by atoms with van der Waals surface area (Å²) in [7, 11) is 0. The predicted octanol–water partition coefficient (Wildman–Crippen LogP) is 4.09. The lowest BCUT2D eigenvalue weighted by Gasteiger charge is -1.96. The SMILES string of the molecule is C=CCNc1nc(-c2cc(C)sc2C)cs1. The highest BCUT2D eigenvalue weighted by molar-refractivity contribution is 7.14. The third-order valence-corrected chi connectivity index (χ3v) is 3.98. The molecule has 0 saturated heterocycles. The van der Waals surface area contributed by atoms with Crippen molar-refractivity contribution in [1.29, 1.82) is 0 Å². The van der Waals surface area contributed by atoms with E-state index in [0.717, 1.165) is 17.4 Å². The van der Waals surface area contributed by atoms with Crippen molar-refractivity contribution in [3.05, 3.63) is 33.9 Å². The lowest BCUT2D eigenvalue weighted by atomic mass is 10.2. The molecule has 0 atom stereocenters. The van der Waals surface area contributed by atoms with E-state index in [4.69, 9.17) is 0 Å². The Labute approximate surface area is 104 Å². The van der Waals surface area contributed by atoms with Gasteiger partial charge >= 0.3 is 0 Å². The van der Waals surface area contributed by atoms with Gasteiger partial charge in [0.2, 0.25) is 0 Å². The van der Waals surface area contributed by atoms with Gasteiger partial charge in [0.15, 0.2) is 5.13 Å². The standard InChI is InChI=1S/C12H14N2S2/c1-4-5-13-12-14-11(7-15-12)10-6-8(2)16-9(10)3/h4,6-7H,1,5H2,2-3H3,(H,13,14). The molecule has 0 unspecified atom stereocenters. The second kappa shape index (κ2) is 4.80. The second-order valence-corrected chi connectivity index (χ2v) is 5.85. The highest BCUT2D eigenvalue weighted by atomic mass is 32.1. The van der Waals surface area contributed by atoms with E-state index in [9.17, 15) is 0 Å². The topological polar surface area (TPSA) is 24.9 Å². The van der Waals surface area contributed by atoms with Crippen LogP contribution in [0.1, 0.15) is 9.75 Å². The zero-order valence-electron chi connectivity index (χ0n) is 9.41. The Kier molecular flexibility index (Phi) is 3.41. The van der Waals surface area contributed by atoms with E-state index >= 15 is 0 Å². The largest absolute Gasteiger partial charge is 0.358 e. The highest BCUT2D eigenvalue weighted by Crippen LogP contribution is 2.32. The number of nitrogens with zero attached hydrogens (tertiary/aromatic N) is 1. The molecule has 0 amide bonds. The molecule has 0 saturated carbocycles. The molecule has 2 aromatic rings. The molecular formula is C12H14N2S2.